The molecule has 3 aromatic rings. The lowest BCUT2D eigenvalue weighted by Gasteiger charge is -2.13. The van der Waals surface area contributed by atoms with E-state index in [2.05, 4.69) is 10.5 Å². The SMILES string of the molecule is O=C(Cc1ccccc1)N/N=C/c1ccccc1-c1c(S(=O)(=O)O)ccc(Cl)c1Cl. The second kappa shape index (κ2) is 9.40. The van der Waals surface area contributed by atoms with E-state index in [4.69, 9.17) is 23.2 Å². The first kappa shape index (κ1) is 22.0. The minimum atomic E-state index is -4.56. The molecule has 0 aliphatic carbocycles. The summed E-state index contributed by atoms with van der Waals surface area (Å²) in [5.41, 5.74) is 4.16. The summed E-state index contributed by atoms with van der Waals surface area (Å²) in [7, 11) is -4.56. The maximum Gasteiger partial charge on any atom is 0.295 e. The molecule has 2 N–H and O–H groups in total. The average Bonchev–Trinajstić information content (AvgIpc) is 2.70. The number of hydrogen-bond donors (Lipinski definition) is 2. The van der Waals surface area contributed by atoms with E-state index in [1.807, 2.05) is 30.3 Å². The molecule has 0 radical (unpaired) electrons. The molecule has 0 saturated heterocycles. The topological polar surface area (TPSA) is 95.8 Å². The molecule has 0 atom stereocenters. The highest BCUT2D eigenvalue weighted by atomic mass is 35.5. The zero-order valence-electron chi connectivity index (χ0n) is 15.4. The molecular formula is C21H16Cl2N2O4S. The van der Waals surface area contributed by atoms with Crippen LogP contribution in [0.3, 0.4) is 0 Å². The smallest absolute Gasteiger partial charge is 0.282 e. The lowest BCUT2D eigenvalue weighted by Crippen LogP contribution is -2.19. The van der Waals surface area contributed by atoms with E-state index in [9.17, 15) is 17.8 Å². The molecule has 0 heterocycles. The zero-order chi connectivity index (χ0) is 21.7. The van der Waals surface area contributed by atoms with Crippen LogP contribution in [-0.2, 0) is 21.3 Å². The van der Waals surface area contributed by atoms with Crippen LogP contribution in [0.1, 0.15) is 11.1 Å². The minimum absolute atomic E-state index is 0.0271. The van der Waals surface area contributed by atoms with Gasteiger partial charge in [-0.3, -0.25) is 9.35 Å². The van der Waals surface area contributed by atoms with Crippen LogP contribution in [0.5, 0.6) is 0 Å². The van der Waals surface area contributed by atoms with Crippen molar-refractivity contribution in [3.05, 3.63) is 87.9 Å². The zero-order valence-corrected chi connectivity index (χ0v) is 17.7. The largest absolute Gasteiger partial charge is 0.295 e. The fraction of sp³-hybridized carbons (Fsp3) is 0.0476. The van der Waals surface area contributed by atoms with Gasteiger partial charge in [-0.1, -0.05) is 77.8 Å². The first-order chi connectivity index (χ1) is 14.3. The number of nitrogens with zero attached hydrogens (tertiary/aromatic N) is 1. The van der Waals surface area contributed by atoms with E-state index < -0.39 is 10.1 Å². The van der Waals surface area contributed by atoms with Gasteiger partial charge in [0.2, 0.25) is 5.91 Å². The van der Waals surface area contributed by atoms with Crippen molar-refractivity contribution in [3.63, 3.8) is 0 Å². The van der Waals surface area contributed by atoms with E-state index in [-0.39, 0.29) is 32.8 Å². The van der Waals surface area contributed by atoms with Crippen molar-refractivity contribution in [1.82, 2.24) is 5.43 Å². The summed E-state index contributed by atoms with van der Waals surface area (Å²) in [4.78, 5) is 11.7. The van der Waals surface area contributed by atoms with E-state index in [0.717, 1.165) is 5.56 Å². The summed E-state index contributed by atoms with van der Waals surface area (Å²) in [5.74, 6) is -0.311. The molecule has 30 heavy (non-hydrogen) atoms. The first-order valence-corrected chi connectivity index (χ1v) is 10.9. The number of amides is 1. The van der Waals surface area contributed by atoms with Crippen molar-refractivity contribution < 1.29 is 17.8 Å². The van der Waals surface area contributed by atoms with E-state index in [1.54, 1.807) is 24.3 Å². The van der Waals surface area contributed by atoms with E-state index >= 15 is 0 Å². The molecule has 0 spiro atoms. The summed E-state index contributed by atoms with van der Waals surface area (Å²) in [5, 5.41) is 4.05. The van der Waals surface area contributed by atoms with Gasteiger partial charge in [-0.05, 0) is 23.3 Å². The van der Waals surface area contributed by atoms with Crippen LogP contribution in [0.15, 0.2) is 76.7 Å². The molecule has 6 nitrogen and oxygen atoms in total. The van der Waals surface area contributed by atoms with Gasteiger partial charge >= 0.3 is 0 Å². The predicted molar refractivity (Wildman–Crippen MR) is 118 cm³/mol. The Labute approximate surface area is 183 Å². The average molecular weight is 463 g/mol. The maximum absolute atomic E-state index is 12.1. The number of hydrogen-bond acceptors (Lipinski definition) is 4. The molecule has 0 bridgehead atoms. The van der Waals surface area contributed by atoms with Crippen molar-refractivity contribution in [2.45, 2.75) is 11.3 Å². The highest BCUT2D eigenvalue weighted by molar-refractivity contribution is 7.86. The predicted octanol–water partition coefficient (Wildman–Crippen LogP) is 4.60. The lowest BCUT2D eigenvalue weighted by molar-refractivity contribution is -0.120. The van der Waals surface area contributed by atoms with Gasteiger partial charge in [0.1, 0.15) is 4.90 Å². The molecule has 1 amide bonds. The molecule has 3 aromatic carbocycles. The Morgan fingerprint density at radius 2 is 1.67 bits per heavy atom. The van der Waals surface area contributed by atoms with Crippen LogP contribution in [0.2, 0.25) is 10.0 Å². The third-order valence-corrected chi connectivity index (χ3v) is 5.87. The third-order valence-electron chi connectivity index (χ3n) is 4.17. The van der Waals surface area contributed by atoms with Gasteiger partial charge in [-0.25, -0.2) is 5.43 Å². The van der Waals surface area contributed by atoms with Gasteiger partial charge in [0.15, 0.2) is 0 Å². The Bertz CT molecular complexity index is 1210. The molecule has 0 aliphatic rings. The van der Waals surface area contributed by atoms with Gasteiger partial charge < -0.3 is 0 Å². The number of halogens is 2. The Balaban J connectivity index is 1.92. The van der Waals surface area contributed by atoms with Crippen LogP contribution in [0.25, 0.3) is 11.1 Å². The van der Waals surface area contributed by atoms with Crippen LogP contribution in [0.4, 0.5) is 0 Å². The lowest BCUT2D eigenvalue weighted by atomic mass is 10.00. The standard InChI is InChI=1S/C21H16Cl2N2O4S/c22-17-10-11-18(30(27,28)29)20(21(17)23)16-9-5-4-8-15(16)13-24-25-19(26)12-14-6-2-1-3-7-14/h1-11,13H,12H2,(H,25,26)(H,27,28,29)/b24-13+. The number of rotatable bonds is 6. The van der Waals surface area contributed by atoms with Gasteiger partial charge in [-0.2, -0.15) is 13.5 Å². The number of carbonyl (C=O) groups is 1. The molecule has 3 rings (SSSR count). The number of carbonyl (C=O) groups excluding carboxylic acids is 1. The monoisotopic (exact) mass is 462 g/mol. The summed E-state index contributed by atoms with van der Waals surface area (Å²) >= 11 is 12.3. The van der Waals surface area contributed by atoms with E-state index in [0.29, 0.717) is 11.1 Å². The number of hydrazone groups is 1. The van der Waals surface area contributed by atoms with Crippen LogP contribution in [0, 0.1) is 0 Å². The Hall–Kier alpha value is -2.71. The first-order valence-electron chi connectivity index (χ1n) is 8.68. The van der Waals surface area contributed by atoms with Crippen LogP contribution >= 0.6 is 23.2 Å². The molecule has 0 fully saturated rings. The molecule has 0 aromatic heterocycles. The molecule has 9 heteroatoms. The molecular weight excluding hydrogens is 447 g/mol. The maximum atomic E-state index is 12.1. The Morgan fingerprint density at radius 1 is 1.00 bits per heavy atom. The van der Waals surface area contributed by atoms with Crippen LogP contribution < -0.4 is 5.43 Å². The summed E-state index contributed by atoms with van der Waals surface area (Å²) < 4.78 is 33.3. The molecule has 0 aliphatic heterocycles. The number of nitrogens with one attached hydrogen (secondary N) is 1. The van der Waals surface area contributed by atoms with Gasteiger partial charge in [-0.15, -0.1) is 0 Å². The van der Waals surface area contributed by atoms with Crippen LogP contribution in [-0.4, -0.2) is 25.1 Å². The van der Waals surface area contributed by atoms with Crippen molar-refractivity contribution in [2.75, 3.05) is 0 Å². The summed E-state index contributed by atoms with van der Waals surface area (Å²) in [6.07, 6.45) is 1.52. The Kier molecular flexibility index (Phi) is 6.89. The fourth-order valence-corrected chi connectivity index (χ4v) is 4.02. The van der Waals surface area contributed by atoms with Gasteiger partial charge in [0, 0.05) is 11.1 Å². The number of benzene rings is 3. The minimum Gasteiger partial charge on any atom is -0.282 e. The highest BCUT2D eigenvalue weighted by Gasteiger charge is 2.22. The molecule has 154 valence electrons. The highest BCUT2D eigenvalue weighted by Crippen LogP contribution is 2.39. The quantitative estimate of drug-likeness (QED) is 0.317. The molecule has 0 unspecified atom stereocenters. The Morgan fingerprint density at radius 3 is 2.37 bits per heavy atom. The second-order valence-electron chi connectivity index (χ2n) is 6.25. The van der Waals surface area contributed by atoms with Gasteiger partial charge in [0.25, 0.3) is 10.1 Å². The van der Waals surface area contributed by atoms with Crippen molar-refractivity contribution in [3.8, 4) is 11.1 Å². The van der Waals surface area contributed by atoms with Crippen molar-refractivity contribution in [1.29, 1.82) is 0 Å². The van der Waals surface area contributed by atoms with E-state index in [1.165, 1.54) is 18.3 Å². The summed E-state index contributed by atoms with van der Waals surface area (Å²) in [6.45, 7) is 0. The third kappa shape index (κ3) is 5.25. The van der Waals surface area contributed by atoms with Gasteiger partial charge in [0.05, 0.1) is 22.7 Å². The normalized spacial score (nSPS) is 11.6. The fourth-order valence-electron chi connectivity index (χ4n) is 2.83. The second-order valence-corrected chi connectivity index (χ2v) is 8.43. The summed E-state index contributed by atoms with van der Waals surface area (Å²) in [6, 6.07) is 18.3. The van der Waals surface area contributed by atoms with Crippen molar-refractivity contribution in [2.24, 2.45) is 5.10 Å². The van der Waals surface area contributed by atoms with Crippen molar-refractivity contribution >= 4 is 45.4 Å². The molecule has 0 saturated carbocycles.